The summed E-state index contributed by atoms with van der Waals surface area (Å²) in [6.45, 7) is 15.3. The summed E-state index contributed by atoms with van der Waals surface area (Å²) in [6, 6.07) is 14.7. The average Bonchev–Trinajstić information content (AvgIpc) is 3.26. The lowest BCUT2D eigenvalue weighted by atomic mass is 9.91. The van der Waals surface area contributed by atoms with Gasteiger partial charge >= 0.3 is 6.09 Å². The molecule has 1 aromatic heterocycles. The van der Waals surface area contributed by atoms with Crippen LogP contribution < -0.4 is 14.5 Å². The number of fused-ring (bicyclic) bond motifs is 1. The van der Waals surface area contributed by atoms with Gasteiger partial charge in [-0.2, -0.15) is 5.10 Å². The van der Waals surface area contributed by atoms with Gasteiger partial charge in [0.25, 0.3) is 8.32 Å². The van der Waals surface area contributed by atoms with Crippen LogP contribution in [0.25, 0.3) is 5.69 Å². The van der Waals surface area contributed by atoms with Gasteiger partial charge in [0.2, 0.25) is 0 Å². The van der Waals surface area contributed by atoms with Crippen LogP contribution in [0.2, 0.25) is 23.2 Å². The number of ether oxygens (including phenoxy) is 1. The normalized spacial score (nSPS) is 15.0. The minimum atomic E-state index is -2.04. The van der Waals surface area contributed by atoms with E-state index < -0.39 is 14.4 Å². The lowest BCUT2D eigenvalue weighted by Gasteiger charge is -2.36. The number of para-hydroxylation sites is 1. The first-order valence-corrected chi connectivity index (χ1v) is 15.2. The molecule has 0 radical (unpaired) electrons. The van der Waals surface area contributed by atoms with E-state index in [2.05, 4.69) is 53.0 Å². The Morgan fingerprint density at radius 1 is 1.14 bits per heavy atom. The molecule has 1 aliphatic rings. The quantitative estimate of drug-likeness (QED) is 0.355. The number of carbonyl (C=O) groups excluding carboxylic acids is 1. The Morgan fingerprint density at radius 3 is 2.46 bits per heavy atom. The van der Waals surface area contributed by atoms with Gasteiger partial charge in [0.05, 0.1) is 16.4 Å². The summed E-state index contributed by atoms with van der Waals surface area (Å²) in [5.41, 5.74) is 2.66. The number of nitrogens with zero attached hydrogens (tertiary/aromatic N) is 2. The third kappa shape index (κ3) is 5.11. The molecule has 0 saturated carbocycles. The minimum Gasteiger partial charge on any atom is -0.543 e. The number of hydrogen-bond acceptors (Lipinski definition) is 4. The number of amides is 1. The van der Waals surface area contributed by atoms with Crippen molar-refractivity contribution in [3.8, 4) is 17.2 Å². The molecule has 0 unspecified atom stereocenters. The van der Waals surface area contributed by atoms with Gasteiger partial charge in [0.15, 0.2) is 0 Å². The van der Waals surface area contributed by atoms with E-state index in [1.165, 1.54) is 0 Å². The Kier molecular flexibility index (Phi) is 6.53. The number of nitrogens with one attached hydrogen (secondary N) is 1. The van der Waals surface area contributed by atoms with Crippen LogP contribution in [0.3, 0.4) is 0 Å². The summed E-state index contributed by atoms with van der Waals surface area (Å²) in [5, 5.41) is 8.42. The molecule has 0 fully saturated rings. The van der Waals surface area contributed by atoms with Crippen LogP contribution in [-0.4, -0.2) is 24.2 Å². The average molecular weight is 512 g/mol. The Morgan fingerprint density at radius 2 is 1.83 bits per heavy atom. The van der Waals surface area contributed by atoms with Gasteiger partial charge in [-0.3, -0.25) is 5.32 Å². The number of carbonyl (C=O) groups is 1. The number of anilines is 1. The maximum Gasteiger partial charge on any atom is 0.418 e. The van der Waals surface area contributed by atoms with Crippen LogP contribution in [0.1, 0.15) is 52.3 Å². The molecule has 4 rings (SSSR count). The van der Waals surface area contributed by atoms with Crippen LogP contribution in [0.5, 0.6) is 11.5 Å². The van der Waals surface area contributed by atoms with Gasteiger partial charge in [0.1, 0.15) is 17.3 Å². The standard InChI is InChI=1S/C27H34ClN3O3Si/c1-26(2,3)35(6,7)34-22-14-13-18(17-21(22)28)31-24(20-15-16-27(4,5)23(20)30-31)29-25(32)33-19-11-9-8-10-12-19/h8-14,17H,15-16H2,1-7H3,(H,29,32). The SMILES string of the molecule is CC1(C)CCc2c1nn(-c1ccc(O[Si](C)(C)C(C)(C)C)c(Cl)c1)c2NC(=O)Oc1ccccc1. The van der Waals surface area contributed by atoms with Crippen molar-refractivity contribution in [2.75, 3.05) is 5.32 Å². The molecule has 1 aliphatic carbocycles. The third-order valence-electron chi connectivity index (χ3n) is 7.13. The summed E-state index contributed by atoms with van der Waals surface area (Å²) in [6.07, 6.45) is 1.23. The Balaban J connectivity index is 1.68. The monoisotopic (exact) mass is 511 g/mol. The highest BCUT2D eigenvalue weighted by Crippen LogP contribution is 2.43. The maximum atomic E-state index is 12.8. The fraction of sp³-hybridized carbons (Fsp3) is 0.407. The first kappa shape index (κ1) is 25.3. The minimum absolute atomic E-state index is 0.0551. The molecule has 6 nitrogen and oxygen atoms in total. The van der Waals surface area contributed by atoms with Gasteiger partial charge in [-0.1, -0.05) is 64.4 Å². The van der Waals surface area contributed by atoms with Crippen molar-refractivity contribution in [1.29, 1.82) is 0 Å². The predicted octanol–water partition coefficient (Wildman–Crippen LogP) is 7.74. The zero-order valence-corrected chi connectivity index (χ0v) is 23.3. The second-order valence-corrected chi connectivity index (χ2v) is 16.4. The van der Waals surface area contributed by atoms with E-state index in [4.69, 9.17) is 25.9 Å². The summed E-state index contributed by atoms with van der Waals surface area (Å²) in [5.74, 6) is 1.75. The van der Waals surface area contributed by atoms with Crippen molar-refractivity contribution < 1.29 is 14.0 Å². The van der Waals surface area contributed by atoms with Crippen LogP contribution >= 0.6 is 11.6 Å². The molecule has 1 amide bonds. The van der Waals surface area contributed by atoms with Gasteiger partial charge in [0, 0.05) is 11.0 Å². The van der Waals surface area contributed by atoms with Gasteiger partial charge in [-0.15, -0.1) is 0 Å². The highest BCUT2D eigenvalue weighted by molar-refractivity contribution is 6.74. The molecular formula is C27H34ClN3O3Si. The first-order valence-electron chi connectivity index (χ1n) is 11.9. The lowest BCUT2D eigenvalue weighted by Crippen LogP contribution is -2.43. The molecule has 0 bridgehead atoms. The Hall–Kier alpha value is -2.77. The van der Waals surface area contributed by atoms with E-state index >= 15 is 0 Å². The van der Waals surface area contributed by atoms with E-state index in [1.807, 2.05) is 36.4 Å². The maximum absolute atomic E-state index is 12.8. The summed E-state index contributed by atoms with van der Waals surface area (Å²) >= 11 is 6.70. The molecule has 1 N–H and O–H groups in total. The number of halogens is 1. The molecule has 186 valence electrons. The smallest absolute Gasteiger partial charge is 0.418 e. The van der Waals surface area contributed by atoms with Crippen molar-refractivity contribution >= 4 is 31.8 Å². The molecular weight excluding hydrogens is 478 g/mol. The number of hydrogen-bond donors (Lipinski definition) is 1. The van der Waals surface area contributed by atoms with Crippen LogP contribution in [0, 0.1) is 0 Å². The number of aromatic nitrogens is 2. The zero-order valence-electron chi connectivity index (χ0n) is 21.5. The first-order chi connectivity index (χ1) is 16.3. The highest BCUT2D eigenvalue weighted by Gasteiger charge is 2.40. The summed E-state index contributed by atoms with van der Waals surface area (Å²) in [7, 11) is -2.04. The second kappa shape index (κ2) is 9.02. The second-order valence-electron chi connectivity index (χ2n) is 11.3. The summed E-state index contributed by atoms with van der Waals surface area (Å²) in [4.78, 5) is 12.8. The molecule has 8 heteroatoms. The molecule has 35 heavy (non-hydrogen) atoms. The molecule has 1 heterocycles. The van der Waals surface area contributed by atoms with Crippen LogP contribution in [0.15, 0.2) is 48.5 Å². The number of rotatable bonds is 5. The van der Waals surface area contributed by atoms with Gasteiger partial charge < -0.3 is 9.16 Å². The predicted molar refractivity (Wildman–Crippen MR) is 144 cm³/mol. The summed E-state index contributed by atoms with van der Waals surface area (Å²) < 4.78 is 13.7. The van der Waals surface area contributed by atoms with Crippen molar-refractivity contribution in [3.05, 3.63) is 64.8 Å². The Bertz CT molecular complexity index is 1250. The molecule has 0 atom stereocenters. The van der Waals surface area contributed by atoms with Crippen LogP contribution in [0.4, 0.5) is 10.6 Å². The highest BCUT2D eigenvalue weighted by atomic mass is 35.5. The largest absolute Gasteiger partial charge is 0.543 e. The third-order valence-corrected chi connectivity index (χ3v) is 11.8. The van der Waals surface area contributed by atoms with Gasteiger partial charge in [-0.25, -0.2) is 9.48 Å². The van der Waals surface area contributed by atoms with Crippen molar-refractivity contribution in [2.45, 2.75) is 71.0 Å². The lowest BCUT2D eigenvalue weighted by molar-refractivity contribution is 0.215. The zero-order chi connectivity index (χ0) is 25.6. The van der Waals surface area contributed by atoms with Crippen molar-refractivity contribution in [2.24, 2.45) is 0 Å². The molecule has 3 aromatic rings. The fourth-order valence-electron chi connectivity index (χ4n) is 3.95. The fourth-order valence-corrected chi connectivity index (χ4v) is 5.26. The van der Waals surface area contributed by atoms with E-state index in [0.29, 0.717) is 22.3 Å². The van der Waals surface area contributed by atoms with E-state index in [9.17, 15) is 4.79 Å². The molecule has 0 spiro atoms. The molecule has 2 aromatic carbocycles. The van der Waals surface area contributed by atoms with Crippen molar-refractivity contribution in [3.63, 3.8) is 0 Å². The van der Waals surface area contributed by atoms with E-state index in [0.717, 1.165) is 29.8 Å². The van der Waals surface area contributed by atoms with Crippen LogP contribution in [-0.2, 0) is 11.8 Å². The molecule has 0 aliphatic heterocycles. The van der Waals surface area contributed by atoms with E-state index in [-0.39, 0.29) is 10.5 Å². The topological polar surface area (TPSA) is 65.4 Å². The Labute approximate surface area is 213 Å². The molecule has 0 saturated heterocycles. The van der Waals surface area contributed by atoms with Crippen molar-refractivity contribution in [1.82, 2.24) is 9.78 Å². The van der Waals surface area contributed by atoms with E-state index in [1.54, 1.807) is 16.8 Å². The van der Waals surface area contributed by atoms with Gasteiger partial charge in [-0.05, 0) is 61.3 Å². The number of benzene rings is 2.